The largest absolute Gasteiger partial charge is 0.463 e. The van der Waals surface area contributed by atoms with Crippen LogP contribution in [-0.4, -0.2) is 25.2 Å². The van der Waals surface area contributed by atoms with E-state index in [0.29, 0.717) is 11.6 Å². The molecule has 1 aliphatic rings. The molecule has 0 amide bonds. The Bertz CT molecular complexity index is 478. The molecule has 1 saturated carbocycles. The lowest BCUT2D eigenvalue weighted by atomic mass is 9.69. The molecular weight excluding hydrogens is 258 g/mol. The van der Waals surface area contributed by atoms with Crippen molar-refractivity contribution in [2.75, 3.05) is 14.2 Å². The van der Waals surface area contributed by atoms with Gasteiger partial charge in [-0.1, -0.05) is 26.7 Å². The maximum atomic E-state index is 11.8. The highest BCUT2D eigenvalue weighted by molar-refractivity contribution is 5.87. The van der Waals surface area contributed by atoms with Crippen LogP contribution >= 0.6 is 0 Å². The summed E-state index contributed by atoms with van der Waals surface area (Å²) in [7, 11) is 2.91. The molecule has 5 heteroatoms. The van der Waals surface area contributed by atoms with Gasteiger partial charge in [-0.3, -0.25) is 0 Å². The van der Waals surface area contributed by atoms with Crippen LogP contribution in [-0.2, 0) is 16.1 Å². The topological polar surface area (TPSA) is 61.6 Å². The number of methoxy groups -OCH3 is 2. The first-order chi connectivity index (χ1) is 9.49. The molecule has 1 atom stereocenters. The monoisotopic (exact) mass is 281 g/mol. The van der Waals surface area contributed by atoms with Crippen LogP contribution in [0, 0.1) is 5.41 Å². The van der Waals surface area contributed by atoms with Crippen LogP contribution in [0.4, 0.5) is 0 Å². The molecule has 1 aliphatic carbocycles. The Labute approximate surface area is 119 Å². The van der Waals surface area contributed by atoms with E-state index in [4.69, 9.17) is 13.9 Å². The van der Waals surface area contributed by atoms with E-state index in [9.17, 15) is 4.79 Å². The van der Waals surface area contributed by atoms with Crippen molar-refractivity contribution in [2.24, 2.45) is 5.41 Å². The SMILES string of the molecule is COCc1nc(C2CCCCC2(C)C)oc1C(=O)OC. The van der Waals surface area contributed by atoms with Gasteiger partial charge in [-0.2, -0.15) is 0 Å². The molecule has 0 spiro atoms. The average molecular weight is 281 g/mol. The van der Waals surface area contributed by atoms with Crippen molar-refractivity contribution in [3.05, 3.63) is 17.3 Å². The summed E-state index contributed by atoms with van der Waals surface area (Å²) >= 11 is 0. The fourth-order valence-corrected chi connectivity index (χ4v) is 2.96. The Balaban J connectivity index is 2.34. The van der Waals surface area contributed by atoms with E-state index in [1.807, 2.05) is 0 Å². The van der Waals surface area contributed by atoms with Crippen LogP contribution in [0.5, 0.6) is 0 Å². The Morgan fingerprint density at radius 3 is 2.75 bits per heavy atom. The molecule has 0 saturated heterocycles. The number of ether oxygens (including phenoxy) is 2. The van der Waals surface area contributed by atoms with Gasteiger partial charge in [0, 0.05) is 13.0 Å². The second-order valence-electron chi connectivity index (χ2n) is 6.04. The first kappa shape index (κ1) is 15.0. The predicted octanol–water partition coefficient (Wildman–Crippen LogP) is 3.29. The number of nitrogens with zero attached hydrogens (tertiary/aromatic N) is 1. The van der Waals surface area contributed by atoms with Gasteiger partial charge in [0.15, 0.2) is 5.89 Å². The minimum absolute atomic E-state index is 0.140. The van der Waals surface area contributed by atoms with Crippen molar-refractivity contribution in [1.82, 2.24) is 4.98 Å². The summed E-state index contributed by atoms with van der Waals surface area (Å²) in [5, 5.41) is 0. The summed E-state index contributed by atoms with van der Waals surface area (Å²) in [5.74, 6) is 0.558. The first-order valence-electron chi connectivity index (χ1n) is 7.06. The van der Waals surface area contributed by atoms with Gasteiger partial charge in [-0.25, -0.2) is 9.78 Å². The minimum atomic E-state index is -0.496. The Hall–Kier alpha value is -1.36. The molecule has 0 aromatic carbocycles. The molecule has 1 fully saturated rings. The van der Waals surface area contributed by atoms with Crippen molar-refractivity contribution in [2.45, 2.75) is 52.1 Å². The molecule has 1 aromatic heterocycles. The first-order valence-corrected chi connectivity index (χ1v) is 7.06. The van der Waals surface area contributed by atoms with E-state index in [1.54, 1.807) is 7.11 Å². The van der Waals surface area contributed by atoms with Gasteiger partial charge in [-0.15, -0.1) is 0 Å². The standard InChI is InChI=1S/C15H23NO4/c1-15(2)8-6-5-7-10(15)13-16-11(9-18-3)12(20-13)14(17)19-4/h10H,5-9H2,1-4H3. The normalized spacial score (nSPS) is 21.7. The average Bonchev–Trinajstić information content (AvgIpc) is 2.81. The van der Waals surface area contributed by atoms with Crippen LogP contribution in [0.3, 0.4) is 0 Å². The Morgan fingerprint density at radius 2 is 2.15 bits per heavy atom. The predicted molar refractivity (Wildman–Crippen MR) is 73.5 cm³/mol. The van der Waals surface area contributed by atoms with Crippen molar-refractivity contribution in [3.63, 3.8) is 0 Å². The molecule has 0 N–H and O–H groups in total. The molecule has 1 aromatic rings. The molecule has 0 aliphatic heterocycles. The molecule has 5 nitrogen and oxygen atoms in total. The third-order valence-corrected chi connectivity index (χ3v) is 4.17. The van der Waals surface area contributed by atoms with Crippen molar-refractivity contribution in [3.8, 4) is 0 Å². The lowest BCUT2D eigenvalue weighted by Gasteiger charge is -2.36. The van der Waals surface area contributed by atoms with Gasteiger partial charge < -0.3 is 13.9 Å². The third-order valence-electron chi connectivity index (χ3n) is 4.17. The number of rotatable bonds is 4. The van der Waals surface area contributed by atoms with Crippen LogP contribution < -0.4 is 0 Å². The number of esters is 1. The smallest absolute Gasteiger partial charge is 0.376 e. The van der Waals surface area contributed by atoms with Crippen molar-refractivity contribution >= 4 is 5.97 Å². The molecular formula is C15H23NO4. The fraction of sp³-hybridized carbons (Fsp3) is 0.733. The summed E-state index contributed by atoms with van der Waals surface area (Å²) in [5.41, 5.74) is 0.664. The van der Waals surface area contributed by atoms with Gasteiger partial charge in [-0.05, 0) is 18.3 Å². The van der Waals surface area contributed by atoms with Crippen molar-refractivity contribution in [1.29, 1.82) is 0 Å². The van der Waals surface area contributed by atoms with E-state index in [0.717, 1.165) is 12.8 Å². The fourth-order valence-electron chi connectivity index (χ4n) is 2.96. The third kappa shape index (κ3) is 2.87. The van der Waals surface area contributed by atoms with Gasteiger partial charge >= 0.3 is 5.97 Å². The van der Waals surface area contributed by atoms with Crippen LogP contribution in [0.15, 0.2) is 4.42 Å². The Morgan fingerprint density at radius 1 is 1.40 bits per heavy atom. The van der Waals surface area contributed by atoms with Crippen LogP contribution in [0.1, 0.15) is 67.6 Å². The van der Waals surface area contributed by atoms with Gasteiger partial charge in [0.05, 0.1) is 13.7 Å². The quantitative estimate of drug-likeness (QED) is 0.792. The van der Waals surface area contributed by atoms with Gasteiger partial charge in [0.1, 0.15) is 5.69 Å². The number of hydrogen-bond acceptors (Lipinski definition) is 5. The lowest BCUT2D eigenvalue weighted by Crippen LogP contribution is -2.26. The van der Waals surface area contributed by atoms with E-state index in [-0.39, 0.29) is 23.7 Å². The number of oxazole rings is 1. The zero-order chi connectivity index (χ0) is 14.8. The second-order valence-corrected chi connectivity index (χ2v) is 6.04. The number of hydrogen-bond donors (Lipinski definition) is 0. The summed E-state index contributed by atoms with van der Waals surface area (Å²) in [4.78, 5) is 16.3. The zero-order valence-corrected chi connectivity index (χ0v) is 12.7. The maximum Gasteiger partial charge on any atom is 0.376 e. The molecule has 0 radical (unpaired) electrons. The highest BCUT2D eigenvalue weighted by Crippen LogP contribution is 2.46. The van der Waals surface area contributed by atoms with Gasteiger partial charge in [0.25, 0.3) is 0 Å². The highest BCUT2D eigenvalue weighted by Gasteiger charge is 2.37. The zero-order valence-electron chi connectivity index (χ0n) is 12.7. The molecule has 1 heterocycles. The Kier molecular flexibility index (Phi) is 4.48. The maximum absolute atomic E-state index is 11.8. The van der Waals surface area contributed by atoms with E-state index >= 15 is 0 Å². The highest BCUT2D eigenvalue weighted by atomic mass is 16.5. The molecule has 112 valence electrons. The lowest BCUT2D eigenvalue weighted by molar-refractivity contribution is 0.0551. The van der Waals surface area contributed by atoms with E-state index in [2.05, 4.69) is 18.8 Å². The summed E-state index contributed by atoms with van der Waals surface area (Å²) < 4.78 is 15.6. The number of carbonyl (C=O) groups excluding carboxylic acids is 1. The molecule has 2 rings (SSSR count). The molecule has 20 heavy (non-hydrogen) atoms. The molecule has 0 bridgehead atoms. The summed E-state index contributed by atoms with van der Waals surface area (Å²) in [6, 6.07) is 0. The van der Waals surface area contributed by atoms with E-state index < -0.39 is 5.97 Å². The van der Waals surface area contributed by atoms with Crippen LogP contribution in [0.2, 0.25) is 0 Å². The second kappa shape index (κ2) is 5.95. The summed E-state index contributed by atoms with van der Waals surface area (Å²) in [6.07, 6.45) is 4.59. The minimum Gasteiger partial charge on any atom is -0.463 e. The van der Waals surface area contributed by atoms with Gasteiger partial charge in [0.2, 0.25) is 5.76 Å². The van der Waals surface area contributed by atoms with Crippen molar-refractivity contribution < 1.29 is 18.7 Å². The number of aromatic nitrogens is 1. The molecule has 1 unspecified atom stereocenters. The van der Waals surface area contributed by atoms with E-state index in [1.165, 1.54) is 20.0 Å². The summed E-state index contributed by atoms with van der Waals surface area (Å²) in [6.45, 7) is 4.71. The van der Waals surface area contributed by atoms with Crippen LogP contribution in [0.25, 0.3) is 0 Å². The number of carbonyl (C=O) groups is 1.